The molecule has 17 heavy (non-hydrogen) atoms. The zero-order valence-electron chi connectivity index (χ0n) is 9.98. The summed E-state index contributed by atoms with van der Waals surface area (Å²) < 4.78 is -1.09. The number of hydrogen-bond donors (Lipinski definition) is 1. The molecule has 0 fully saturated rings. The van der Waals surface area contributed by atoms with Crippen LogP contribution in [0.4, 0.5) is 5.69 Å². The number of carbonyl (C=O) groups is 2. The van der Waals surface area contributed by atoms with Crippen LogP contribution in [0.3, 0.4) is 0 Å². The molecule has 0 unspecified atom stereocenters. The van der Waals surface area contributed by atoms with Crippen molar-refractivity contribution in [1.29, 1.82) is 0 Å². The number of thioether (sulfide) groups is 1. The zero-order valence-corrected chi connectivity index (χ0v) is 10.8. The topological polar surface area (TPSA) is 49.4 Å². The Balaban J connectivity index is 2.51. The van der Waals surface area contributed by atoms with Crippen LogP contribution in [0.5, 0.6) is 0 Å². The summed E-state index contributed by atoms with van der Waals surface area (Å²) in [6.07, 6.45) is 0. The number of nitrogens with zero attached hydrogens (tertiary/aromatic N) is 1. The van der Waals surface area contributed by atoms with Crippen LogP contribution in [0.25, 0.3) is 0 Å². The molecular weight excluding hydrogens is 236 g/mol. The van der Waals surface area contributed by atoms with Crippen molar-refractivity contribution in [3.63, 3.8) is 0 Å². The van der Waals surface area contributed by atoms with Gasteiger partial charge in [0.1, 0.15) is 0 Å². The average molecular weight is 250 g/mol. The van der Waals surface area contributed by atoms with Gasteiger partial charge in [0.2, 0.25) is 5.91 Å². The Morgan fingerprint density at radius 3 is 2.71 bits per heavy atom. The van der Waals surface area contributed by atoms with Crippen molar-refractivity contribution < 1.29 is 9.59 Å². The third kappa shape index (κ3) is 1.70. The fraction of sp³-hybridized carbons (Fsp3) is 0.333. The van der Waals surface area contributed by atoms with E-state index in [1.165, 1.54) is 11.8 Å². The number of rotatable bonds is 1. The van der Waals surface area contributed by atoms with Gasteiger partial charge in [-0.25, -0.2) is 0 Å². The van der Waals surface area contributed by atoms with Gasteiger partial charge in [-0.05, 0) is 19.1 Å². The first-order chi connectivity index (χ1) is 8.00. The minimum atomic E-state index is -1.09. The first kappa shape index (κ1) is 12.0. The molecule has 0 bridgehead atoms. The largest absolute Gasteiger partial charge is 0.358 e. The third-order valence-electron chi connectivity index (χ3n) is 2.91. The fourth-order valence-electron chi connectivity index (χ4n) is 1.90. The Hall–Kier alpha value is -1.49. The van der Waals surface area contributed by atoms with Gasteiger partial charge in [-0.1, -0.05) is 23.9 Å². The van der Waals surface area contributed by atoms with E-state index in [9.17, 15) is 9.59 Å². The molecule has 2 amide bonds. The highest BCUT2D eigenvalue weighted by atomic mass is 32.2. The van der Waals surface area contributed by atoms with Gasteiger partial charge in [0.15, 0.2) is 4.75 Å². The van der Waals surface area contributed by atoms with E-state index in [-0.39, 0.29) is 11.8 Å². The van der Waals surface area contributed by atoms with Crippen molar-refractivity contribution in [3.05, 3.63) is 24.3 Å². The highest BCUT2D eigenvalue weighted by molar-refractivity contribution is 8.02. The molecule has 0 aliphatic carbocycles. The van der Waals surface area contributed by atoms with Gasteiger partial charge in [0, 0.05) is 19.0 Å². The molecule has 4 nitrogen and oxygen atoms in total. The first-order valence-electron chi connectivity index (χ1n) is 5.29. The molecule has 1 aromatic rings. The summed E-state index contributed by atoms with van der Waals surface area (Å²) in [6, 6.07) is 7.58. The second-order valence-corrected chi connectivity index (χ2v) is 5.51. The lowest BCUT2D eigenvalue weighted by Gasteiger charge is -2.36. The Kier molecular flexibility index (Phi) is 2.87. The van der Waals surface area contributed by atoms with E-state index in [1.807, 2.05) is 24.3 Å². The minimum Gasteiger partial charge on any atom is -0.358 e. The average Bonchev–Trinajstić information content (AvgIpc) is 2.35. The van der Waals surface area contributed by atoms with Gasteiger partial charge in [-0.2, -0.15) is 0 Å². The van der Waals surface area contributed by atoms with Crippen LogP contribution in [-0.4, -0.2) is 30.7 Å². The molecule has 0 radical (unpaired) electrons. The van der Waals surface area contributed by atoms with Crippen molar-refractivity contribution in [2.75, 3.05) is 19.0 Å². The summed E-state index contributed by atoms with van der Waals surface area (Å²) in [5.41, 5.74) is 0.851. The summed E-state index contributed by atoms with van der Waals surface area (Å²) in [4.78, 5) is 26.6. The van der Waals surface area contributed by atoms with Crippen LogP contribution in [0.15, 0.2) is 29.2 Å². The van der Waals surface area contributed by atoms with Crippen LogP contribution in [0.2, 0.25) is 0 Å². The second-order valence-electron chi connectivity index (χ2n) is 4.05. The Bertz CT molecular complexity index is 489. The van der Waals surface area contributed by atoms with E-state index in [0.717, 1.165) is 10.6 Å². The van der Waals surface area contributed by atoms with Crippen LogP contribution < -0.4 is 10.2 Å². The SMILES string of the molecule is CNC(=O)[C@]1(C)Sc2ccccc2N(C)C1=O. The quantitative estimate of drug-likeness (QED) is 0.763. The standard InChI is InChI=1S/C12H14N2O2S/c1-12(10(15)13-2)11(16)14(3)8-6-4-5-7-9(8)17-12/h4-7H,1-3H3,(H,13,15)/t12-/m0/s1. The lowest BCUT2D eigenvalue weighted by molar-refractivity contribution is -0.130. The van der Waals surface area contributed by atoms with Gasteiger partial charge in [-0.15, -0.1) is 0 Å². The molecule has 0 saturated heterocycles. The number of hydrogen-bond acceptors (Lipinski definition) is 3. The smallest absolute Gasteiger partial charge is 0.252 e. The van der Waals surface area contributed by atoms with Crippen LogP contribution in [0.1, 0.15) is 6.92 Å². The lowest BCUT2D eigenvalue weighted by atomic mass is 10.1. The molecule has 1 aliphatic heterocycles. The minimum absolute atomic E-state index is 0.194. The number of benzene rings is 1. The molecule has 1 atom stereocenters. The molecule has 0 spiro atoms. The maximum atomic E-state index is 12.3. The Labute approximate surface area is 104 Å². The van der Waals surface area contributed by atoms with E-state index in [2.05, 4.69) is 5.32 Å². The molecule has 1 aromatic carbocycles. The van der Waals surface area contributed by atoms with Crippen LogP contribution >= 0.6 is 11.8 Å². The molecule has 90 valence electrons. The van der Waals surface area contributed by atoms with Crippen molar-refractivity contribution >= 4 is 29.3 Å². The van der Waals surface area contributed by atoms with Gasteiger partial charge >= 0.3 is 0 Å². The van der Waals surface area contributed by atoms with Crippen molar-refractivity contribution in [2.45, 2.75) is 16.6 Å². The predicted octanol–water partition coefficient (Wildman–Crippen LogP) is 1.26. The van der Waals surface area contributed by atoms with Gasteiger partial charge in [-0.3, -0.25) is 9.59 Å². The number of nitrogens with one attached hydrogen (secondary N) is 1. The summed E-state index contributed by atoms with van der Waals surface area (Å²) in [6.45, 7) is 1.66. The first-order valence-corrected chi connectivity index (χ1v) is 6.10. The fourth-order valence-corrected chi connectivity index (χ4v) is 3.21. The molecule has 0 aromatic heterocycles. The highest BCUT2D eigenvalue weighted by Crippen LogP contribution is 2.44. The van der Waals surface area contributed by atoms with Crippen molar-refractivity contribution in [3.8, 4) is 0 Å². The normalized spacial score (nSPS) is 23.2. The Morgan fingerprint density at radius 2 is 2.06 bits per heavy atom. The van der Waals surface area contributed by atoms with E-state index in [0.29, 0.717) is 0 Å². The lowest BCUT2D eigenvalue weighted by Crippen LogP contribution is -2.54. The predicted molar refractivity (Wildman–Crippen MR) is 68.2 cm³/mol. The van der Waals surface area contributed by atoms with E-state index in [1.54, 1.807) is 25.9 Å². The van der Waals surface area contributed by atoms with Gasteiger partial charge in [0.05, 0.1) is 5.69 Å². The summed E-state index contributed by atoms with van der Waals surface area (Å²) in [5, 5.41) is 2.55. The molecule has 1 heterocycles. The Morgan fingerprint density at radius 1 is 1.41 bits per heavy atom. The number of amides is 2. The van der Waals surface area contributed by atoms with E-state index < -0.39 is 4.75 Å². The zero-order chi connectivity index (χ0) is 12.6. The maximum Gasteiger partial charge on any atom is 0.252 e. The number of carbonyl (C=O) groups excluding carboxylic acids is 2. The van der Waals surface area contributed by atoms with Crippen molar-refractivity contribution in [2.24, 2.45) is 0 Å². The van der Waals surface area contributed by atoms with E-state index in [4.69, 9.17) is 0 Å². The summed E-state index contributed by atoms with van der Waals surface area (Å²) in [7, 11) is 3.24. The van der Waals surface area contributed by atoms with E-state index >= 15 is 0 Å². The number of anilines is 1. The van der Waals surface area contributed by atoms with Gasteiger partial charge in [0.25, 0.3) is 5.91 Å². The number of fused-ring (bicyclic) bond motifs is 1. The monoisotopic (exact) mass is 250 g/mol. The molecule has 2 rings (SSSR count). The second kappa shape index (κ2) is 4.07. The molecule has 1 N–H and O–H groups in total. The summed E-state index contributed by atoms with van der Waals surface area (Å²) >= 11 is 1.30. The van der Waals surface area contributed by atoms with Crippen molar-refractivity contribution in [1.82, 2.24) is 5.32 Å². The maximum absolute atomic E-state index is 12.3. The third-order valence-corrected chi connectivity index (χ3v) is 4.25. The van der Waals surface area contributed by atoms with Gasteiger partial charge < -0.3 is 10.2 Å². The van der Waals surface area contributed by atoms with Crippen LogP contribution in [-0.2, 0) is 9.59 Å². The molecular formula is C12H14N2O2S. The molecule has 1 aliphatic rings. The molecule has 5 heteroatoms. The molecule has 0 saturated carbocycles. The summed E-state index contributed by atoms with van der Waals surface area (Å²) in [5.74, 6) is -0.464. The number of para-hydroxylation sites is 1. The van der Waals surface area contributed by atoms with Crippen LogP contribution in [0, 0.1) is 0 Å². The highest BCUT2D eigenvalue weighted by Gasteiger charge is 2.47.